The number of hydrogen-bond donors (Lipinski definition) is 1. The van der Waals surface area contributed by atoms with E-state index in [4.69, 9.17) is 0 Å². The Kier molecular flexibility index (Phi) is 3.62. The van der Waals surface area contributed by atoms with E-state index in [1.54, 1.807) is 16.8 Å². The molecule has 4 heteroatoms. The fourth-order valence-electron chi connectivity index (χ4n) is 2.87. The summed E-state index contributed by atoms with van der Waals surface area (Å²) in [6.07, 6.45) is 5.49. The largest absolute Gasteiger partial charge is 0.393 e. The lowest BCUT2D eigenvalue weighted by Gasteiger charge is -2.37. The van der Waals surface area contributed by atoms with Gasteiger partial charge in [0.1, 0.15) is 0 Å². The number of hydrogen-bond acceptors (Lipinski definition) is 3. The maximum Gasteiger partial charge on any atom is 0.347 e. The molecule has 1 fully saturated rings. The Balaban J connectivity index is 2.32. The van der Waals surface area contributed by atoms with Gasteiger partial charge >= 0.3 is 5.69 Å². The molecule has 0 aliphatic heterocycles. The van der Waals surface area contributed by atoms with Crippen LogP contribution in [0.15, 0.2) is 23.3 Å². The number of nitrogens with zero attached hydrogens (tertiary/aromatic N) is 2. The highest BCUT2D eigenvalue weighted by atomic mass is 16.3. The summed E-state index contributed by atoms with van der Waals surface area (Å²) in [5.41, 5.74) is -0.211. The lowest BCUT2D eigenvalue weighted by Crippen LogP contribution is -2.38. The van der Waals surface area contributed by atoms with Crippen LogP contribution >= 0.6 is 0 Å². The average molecular weight is 236 g/mol. The van der Waals surface area contributed by atoms with E-state index in [2.05, 4.69) is 18.8 Å². The first kappa shape index (κ1) is 12.3. The van der Waals surface area contributed by atoms with Crippen molar-refractivity contribution in [1.82, 2.24) is 9.55 Å². The molecule has 0 bridgehead atoms. The second-order valence-corrected chi connectivity index (χ2v) is 5.25. The van der Waals surface area contributed by atoms with Gasteiger partial charge in [0.15, 0.2) is 0 Å². The SMILES string of the molecule is CC(C)C1CCC(O)CC1n1cccnc1=O. The van der Waals surface area contributed by atoms with Gasteiger partial charge in [0, 0.05) is 18.4 Å². The van der Waals surface area contributed by atoms with Crippen LogP contribution in [0, 0.1) is 11.8 Å². The summed E-state index contributed by atoms with van der Waals surface area (Å²) >= 11 is 0. The van der Waals surface area contributed by atoms with Crippen LogP contribution < -0.4 is 5.69 Å². The number of aliphatic hydroxyl groups is 1. The van der Waals surface area contributed by atoms with Crippen molar-refractivity contribution in [1.29, 1.82) is 0 Å². The van der Waals surface area contributed by atoms with Gasteiger partial charge in [-0.15, -0.1) is 0 Å². The maximum atomic E-state index is 11.8. The molecule has 1 aliphatic carbocycles. The highest BCUT2D eigenvalue weighted by molar-refractivity contribution is 4.91. The first-order valence-corrected chi connectivity index (χ1v) is 6.31. The van der Waals surface area contributed by atoms with Gasteiger partial charge in [-0.05, 0) is 37.2 Å². The highest BCUT2D eigenvalue weighted by Crippen LogP contribution is 2.37. The van der Waals surface area contributed by atoms with E-state index in [1.807, 2.05) is 0 Å². The Morgan fingerprint density at radius 1 is 1.47 bits per heavy atom. The van der Waals surface area contributed by atoms with Gasteiger partial charge < -0.3 is 5.11 Å². The van der Waals surface area contributed by atoms with Crippen molar-refractivity contribution >= 4 is 0 Å². The predicted molar refractivity (Wildman–Crippen MR) is 65.7 cm³/mol. The molecular formula is C13H20N2O2. The van der Waals surface area contributed by atoms with Crippen LogP contribution in [0.1, 0.15) is 39.2 Å². The Hall–Kier alpha value is -1.16. The van der Waals surface area contributed by atoms with Crippen LogP contribution in [0.3, 0.4) is 0 Å². The molecule has 1 N–H and O–H groups in total. The number of aromatic nitrogens is 2. The quantitative estimate of drug-likeness (QED) is 0.848. The topological polar surface area (TPSA) is 55.1 Å². The second kappa shape index (κ2) is 5.00. The van der Waals surface area contributed by atoms with Crippen molar-refractivity contribution in [3.8, 4) is 0 Å². The van der Waals surface area contributed by atoms with E-state index in [0.29, 0.717) is 18.3 Å². The van der Waals surface area contributed by atoms with Gasteiger partial charge in [-0.3, -0.25) is 4.57 Å². The molecule has 1 aliphatic rings. The molecular weight excluding hydrogens is 216 g/mol. The molecule has 0 amide bonds. The molecule has 3 unspecified atom stereocenters. The number of rotatable bonds is 2. The van der Waals surface area contributed by atoms with Crippen LogP contribution in [-0.4, -0.2) is 20.8 Å². The van der Waals surface area contributed by atoms with E-state index in [-0.39, 0.29) is 17.8 Å². The van der Waals surface area contributed by atoms with Crippen molar-refractivity contribution in [2.75, 3.05) is 0 Å². The van der Waals surface area contributed by atoms with Crippen molar-refractivity contribution in [2.45, 2.75) is 45.3 Å². The molecule has 1 aromatic rings. The Morgan fingerprint density at radius 3 is 2.88 bits per heavy atom. The molecule has 0 aromatic carbocycles. The summed E-state index contributed by atoms with van der Waals surface area (Å²) in [6.45, 7) is 4.35. The smallest absolute Gasteiger partial charge is 0.347 e. The first-order valence-electron chi connectivity index (χ1n) is 6.31. The molecule has 1 saturated carbocycles. The lowest BCUT2D eigenvalue weighted by atomic mass is 9.76. The molecule has 0 spiro atoms. The Labute approximate surface area is 101 Å². The van der Waals surface area contributed by atoms with Crippen molar-refractivity contribution < 1.29 is 5.11 Å². The third kappa shape index (κ3) is 2.57. The standard InChI is InChI=1S/C13H20N2O2/c1-9(2)11-5-4-10(16)8-12(11)15-7-3-6-14-13(15)17/h3,6-7,9-12,16H,4-5,8H2,1-2H3. The van der Waals surface area contributed by atoms with Gasteiger partial charge in [-0.25, -0.2) is 9.78 Å². The zero-order valence-electron chi connectivity index (χ0n) is 10.4. The van der Waals surface area contributed by atoms with Crippen LogP contribution in [-0.2, 0) is 0 Å². The van der Waals surface area contributed by atoms with Crippen molar-refractivity contribution in [3.63, 3.8) is 0 Å². The minimum atomic E-state index is -0.290. The fourth-order valence-corrected chi connectivity index (χ4v) is 2.87. The average Bonchev–Trinajstić information content (AvgIpc) is 2.29. The summed E-state index contributed by atoms with van der Waals surface area (Å²) < 4.78 is 1.69. The summed E-state index contributed by atoms with van der Waals surface area (Å²) in [4.78, 5) is 15.6. The molecule has 3 atom stereocenters. The van der Waals surface area contributed by atoms with E-state index in [0.717, 1.165) is 12.8 Å². The number of aliphatic hydroxyl groups excluding tert-OH is 1. The fraction of sp³-hybridized carbons (Fsp3) is 0.692. The normalized spacial score (nSPS) is 29.5. The van der Waals surface area contributed by atoms with Gasteiger partial charge in [-0.1, -0.05) is 13.8 Å². The van der Waals surface area contributed by atoms with Gasteiger partial charge in [-0.2, -0.15) is 0 Å². The summed E-state index contributed by atoms with van der Waals surface area (Å²) in [6, 6.07) is 1.86. The monoisotopic (exact) mass is 236 g/mol. The molecule has 1 heterocycles. The van der Waals surface area contributed by atoms with Gasteiger partial charge in [0.2, 0.25) is 0 Å². The molecule has 2 rings (SSSR count). The molecule has 94 valence electrons. The van der Waals surface area contributed by atoms with E-state index in [9.17, 15) is 9.90 Å². The molecule has 4 nitrogen and oxygen atoms in total. The van der Waals surface area contributed by atoms with Crippen molar-refractivity contribution in [3.05, 3.63) is 28.9 Å². The highest BCUT2D eigenvalue weighted by Gasteiger charge is 2.33. The van der Waals surface area contributed by atoms with E-state index < -0.39 is 0 Å². The zero-order valence-corrected chi connectivity index (χ0v) is 10.4. The first-order chi connectivity index (χ1) is 8.09. The second-order valence-electron chi connectivity index (χ2n) is 5.25. The van der Waals surface area contributed by atoms with Gasteiger partial charge in [0.05, 0.1) is 6.10 Å². The third-order valence-electron chi connectivity index (χ3n) is 3.79. The third-order valence-corrected chi connectivity index (χ3v) is 3.79. The Morgan fingerprint density at radius 2 is 2.24 bits per heavy atom. The van der Waals surface area contributed by atoms with Crippen LogP contribution in [0.5, 0.6) is 0 Å². The van der Waals surface area contributed by atoms with Crippen LogP contribution in [0.2, 0.25) is 0 Å². The zero-order chi connectivity index (χ0) is 12.4. The summed E-state index contributed by atoms with van der Waals surface area (Å²) in [5, 5.41) is 9.80. The predicted octanol–water partition coefficient (Wildman–Crippen LogP) is 1.60. The van der Waals surface area contributed by atoms with Crippen molar-refractivity contribution in [2.24, 2.45) is 11.8 Å². The molecule has 17 heavy (non-hydrogen) atoms. The maximum absolute atomic E-state index is 11.8. The van der Waals surface area contributed by atoms with Crippen LogP contribution in [0.4, 0.5) is 0 Å². The van der Waals surface area contributed by atoms with E-state index >= 15 is 0 Å². The summed E-state index contributed by atoms with van der Waals surface area (Å²) in [7, 11) is 0. The lowest BCUT2D eigenvalue weighted by molar-refractivity contribution is 0.0550. The molecule has 0 saturated heterocycles. The van der Waals surface area contributed by atoms with E-state index in [1.165, 1.54) is 6.20 Å². The molecule has 0 radical (unpaired) electrons. The minimum Gasteiger partial charge on any atom is -0.393 e. The Bertz CT molecular complexity index is 427. The van der Waals surface area contributed by atoms with Crippen LogP contribution in [0.25, 0.3) is 0 Å². The van der Waals surface area contributed by atoms with Gasteiger partial charge in [0.25, 0.3) is 0 Å². The minimum absolute atomic E-state index is 0.0833. The molecule has 1 aromatic heterocycles. The summed E-state index contributed by atoms with van der Waals surface area (Å²) in [5.74, 6) is 0.958.